The number of amides is 1. The van der Waals surface area contributed by atoms with E-state index in [0.29, 0.717) is 11.0 Å². The van der Waals surface area contributed by atoms with E-state index in [1.165, 1.54) is 0 Å². The van der Waals surface area contributed by atoms with Crippen molar-refractivity contribution in [2.45, 2.75) is 18.5 Å². The van der Waals surface area contributed by atoms with Gasteiger partial charge >= 0.3 is 5.97 Å². The van der Waals surface area contributed by atoms with Crippen molar-refractivity contribution in [3.63, 3.8) is 0 Å². The molecule has 4 nitrogen and oxygen atoms in total. The SMILES string of the molecule is C[B]c1ccccc1C(=O)N(CF)C1=C(C(=O)O)SC(c2ccccc2)C1. The molecule has 3 rings (SSSR count). The maximum atomic E-state index is 13.9. The van der Waals surface area contributed by atoms with Crippen LogP contribution in [0.2, 0.25) is 6.82 Å². The molecule has 0 aromatic heterocycles. The number of carbonyl (C=O) groups excluding carboxylic acids is 1. The molecule has 27 heavy (non-hydrogen) atoms. The first-order valence-electron chi connectivity index (χ1n) is 8.51. The lowest BCUT2D eigenvalue weighted by molar-refractivity contribution is -0.131. The van der Waals surface area contributed by atoms with E-state index in [-0.39, 0.29) is 22.3 Å². The standard InChI is InChI=1S/C20H18BFNO3S/c1-21-15-10-6-5-9-14(15)19(24)23(12-22)16-11-17(27-18(16)20(25)26)13-7-3-2-4-8-13/h2-10,17H,11-12H2,1H3,(H,25,26). The van der Waals surface area contributed by atoms with Gasteiger partial charge in [0.15, 0.2) is 6.80 Å². The van der Waals surface area contributed by atoms with Crippen LogP contribution in [0.25, 0.3) is 0 Å². The van der Waals surface area contributed by atoms with Crippen molar-refractivity contribution in [1.29, 1.82) is 0 Å². The van der Waals surface area contributed by atoms with E-state index < -0.39 is 18.7 Å². The largest absolute Gasteiger partial charge is 0.477 e. The number of allylic oxidation sites excluding steroid dienone is 1. The Kier molecular flexibility index (Phi) is 6.01. The summed E-state index contributed by atoms with van der Waals surface area (Å²) in [5.41, 5.74) is 2.20. The molecule has 1 amide bonds. The number of carbonyl (C=O) groups is 2. The maximum absolute atomic E-state index is 13.9. The predicted octanol–water partition coefficient (Wildman–Crippen LogP) is 3.61. The minimum atomic E-state index is -1.14. The minimum absolute atomic E-state index is 0.0211. The molecule has 1 N–H and O–H groups in total. The zero-order chi connectivity index (χ0) is 19.4. The fourth-order valence-corrected chi connectivity index (χ4v) is 4.37. The Morgan fingerprint density at radius 3 is 2.48 bits per heavy atom. The Bertz CT molecular complexity index is 888. The van der Waals surface area contributed by atoms with Crippen LogP contribution in [0.5, 0.6) is 0 Å². The molecular formula is C20H18BFNO3S. The molecule has 0 fully saturated rings. The summed E-state index contributed by atoms with van der Waals surface area (Å²) in [5, 5.41) is 9.44. The normalized spacial score (nSPS) is 16.3. The van der Waals surface area contributed by atoms with Gasteiger partial charge < -0.3 is 5.11 Å². The fraction of sp³-hybridized carbons (Fsp3) is 0.200. The number of carboxylic acids is 1. The smallest absolute Gasteiger partial charge is 0.343 e. The molecule has 1 heterocycles. The van der Waals surface area contributed by atoms with Crippen LogP contribution >= 0.6 is 11.8 Å². The van der Waals surface area contributed by atoms with Crippen LogP contribution in [0.15, 0.2) is 65.2 Å². The Hall–Kier alpha value is -2.54. The van der Waals surface area contributed by atoms with Crippen LogP contribution < -0.4 is 5.46 Å². The van der Waals surface area contributed by atoms with Gasteiger partial charge in [0.1, 0.15) is 12.2 Å². The van der Waals surface area contributed by atoms with E-state index >= 15 is 0 Å². The van der Waals surface area contributed by atoms with Crippen LogP contribution in [0, 0.1) is 0 Å². The van der Waals surface area contributed by atoms with Gasteiger partial charge in [0.2, 0.25) is 0 Å². The van der Waals surface area contributed by atoms with Crippen molar-refractivity contribution in [3.05, 3.63) is 76.3 Å². The number of hydrogen-bond acceptors (Lipinski definition) is 3. The van der Waals surface area contributed by atoms with Gasteiger partial charge in [-0.3, -0.25) is 9.69 Å². The zero-order valence-electron chi connectivity index (χ0n) is 14.8. The Morgan fingerprint density at radius 2 is 1.85 bits per heavy atom. The molecule has 0 spiro atoms. The van der Waals surface area contributed by atoms with Gasteiger partial charge in [-0.25, -0.2) is 9.18 Å². The van der Waals surface area contributed by atoms with Crippen LogP contribution in [0.4, 0.5) is 4.39 Å². The summed E-state index contributed by atoms with van der Waals surface area (Å²) >= 11 is 1.16. The Morgan fingerprint density at radius 1 is 1.19 bits per heavy atom. The third-order valence-electron chi connectivity index (χ3n) is 4.46. The van der Waals surface area contributed by atoms with Crippen LogP contribution in [0.3, 0.4) is 0 Å². The van der Waals surface area contributed by atoms with Crippen molar-refractivity contribution >= 4 is 36.4 Å². The number of nitrogens with zero attached hydrogens (tertiary/aromatic N) is 1. The summed E-state index contributed by atoms with van der Waals surface area (Å²) in [6.45, 7) is 0.718. The van der Waals surface area contributed by atoms with Crippen LogP contribution in [-0.4, -0.2) is 36.0 Å². The van der Waals surface area contributed by atoms with Crippen molar-refractivity contribution in [2.24, 2.45) is 0 Å². The maximum Gasteiger partial charge on any atom is 0.343 e. The molecular weight excluding hydrogens is 364 g/mol. The highest BCUT2D eigenvalue weighted by Gasteiger charge is 2.35. The number of aliphatic carboxylic acids is 1. The summed E-state index contributed by atoms with van der Waals surface area (Å²) in [6, 6.07) is 16.3. The monoisotopic (exact) mass is 382 g/mol. The van der Waals surface area contributed by atoms with Crippen LogP contribution in [-0.2, 0) is 4.79 Å². The minimum Gasteiger partial charge on any atom is -0.477 e. The molecule has 2 aromatic carbocycles. The predicted molar refractivity (Wildman–Crippen MR) is 106 cm³/mol. The topological polar surface area (TPSA) is 57.6 Å². The fourth-order valence-electron chi connectivity index (χ4n) is 3.12. The third kappa shape index (κ3) is 3.93. The van der Waals surface area contributed by atoms with Crippen molar-refractivity contribution in [2.75, 3.05) is 6.80 Å². The summed E-state index contributed by atoms with van der Waals surface area (Å²) in [6.07, 6.45) is 0.282. The third-order valence-corrected chi connectivity index (χ3v) is 5.83. The number of thioether (sulfide) groups is 1. The number of halogens is 1. The number of hydrogen-bond donors (Lipinski definition) is 1. The van der Waals surface area contributed by atoms with Gasteiger partial charge in [-0.15, -0.1) is 11.8 Å². The molecule has 0 saturated carbocycles. The zero-order valence-corrected chi connectivity index (χ0v) is 15.6. The second kappa shape index (κ2) is 8.44. The number of alkyl halides is 1. The molecule has 2 aromatic rings. The van der Waals surface area contributed by atoms with Gasteiger partial charge in [0, 0.05) is 22.9 Å². The molecule has 1 radical (unpaired) electrons. The lowest BCUT2D eigenvalue weighted by atomic mass is 9.71. The van der Waals surface area contributed by atoms with Gasteiger partial charge in [-0.2, -0.15) is 0 Å². The van der Waals surface area contributed by atoms with Crippen molar-refractivity contribution < 1.29 is 19.1 Å². The van der Waals surface area contributed by atoms with E-state index in [1.54, 1.807) is 38.4 Å². The summed E-state index contributed by atoms with van der Waals surface area (Å²) < 4.78 is 13.9. The highest BCUT2D eigenvalue weighted by atomic mass is 32.2. The average molecular weight is 382 g/mol. The quantitative estimate of drug-likeness (QED) is 0.613. The second-order valence-corrected chi connectivity index (χ2v) is 7.24. The molecule has 0 aliphatic carbocycles. The van der Waals surface area contributed by atoms with Crippen molar-refractivity contribution in [1.82, 2.24) is 4.90 Å². The highest BCUT2D eigenvalue weighted by molar-refractivity contribution is 8.04. The first kappa shape index (κ1) is 19.2. The van der Waals surface area contributed by atoms with Gasteiger partial charge in [-0.1, -0.05) is 66.9 Å². The first-order valence-corrected chi connectivity index (χ1v) is 9.39. The molecule has 1 aliphatic heterocycles. The molecule has 1 atom stereocenters. The second-order valence-electron chi connectivity index (χ2n) is 6.03. The summed E-state index contributed by atoms with van der Waals surface area (Å²) in [4.78, 5) is 25.7. The summed E-state index contributed by atoms with van der Waals surface area (Å²) in [7, 11) is 1.77. The molecule has 7 heteroatoms. The molecule has 0 saturated heterocycles. The number of carboxylic acid groups (broad SMARTS) is 1. The molecule has 1 unspecified atom stereocenters. The Labute approximate surface area is 162 Å². The van der Waals surface area contributed by atoms with E-state index in [2.05, 4.69) is 0 Å². The lowest BCUT2D eigenvalue weighted by Gasteiger charge is -2.22. The van der Waals surface area contributed by atoms with Crippen LogP contribution in [0.1, 0.15) is 27.6 Å². The molecule has 1 aliphatic rings. The van der Waals surface area contributed by atoms with Gasteiger partial charge in [-0.05, 0) is 5.56 Å². The van der Waals surface area contributed by atoms with Gasteiger partial charge in [0.25, 0.3) is 5.91 Å². The molecule has 0 bridgehead atoms. The van der Waals surface area contributed by atoms with E-state index in [9.17, 15) is 19.1 Å². The highest BCUT2D eigenvalue weighted by Crippen LogP contribution is 2.48. The number of benzene rings is 2. The lowest BCUT2D eigenvalue weighted by Crippen LogP contribution is -2.34. The van der Waals surface area contributed by atoms with Gasteiger partial charge in [0.05, 0.1) is 0 Å². The molecule has 137 valence electrons. The van der Waals surface area contributed by atoms with E-state index in [4.69, 9.17) is 0 Å². The average Bonchev–Trinajstić information content (AvgIpc) is 3.14. The van der Waals surface area contributed by atoms with Crippen molar-refractivity contribution in [3.8, 4) is 0 Å². The Balaban J connectivity index is 1.95. The summed E-state index contributed by atoms with van der Waals surface area (Å²) in [5.74, 6) is -1.68. The number of rotatable bonds is 6. The van der Waals surface area contributed by atoms with E-state index in [1.807, 2.05) is 30.3 Å². The first-order chi connectivity index (χ1) is 13.1. The van der Waals surface area contributed by atoms with E-state index in [0.717, 1.165) is 22.2 Å².